The molecule has 0 heterocycles. The van der Waals surface area contributed by atoms with Crippen molar-refractivity contribution in [2.75, 3.05) is 0 Å². The van der Waals surface area contributed by atoms with Crippen LogP contribution in [0.15, 0.2) is 24.8 Å². The molecule has 0 bridgehead atoms. The minimum absolute atomic E-state index is 0.120. The third-order valence-electron chi connectivity index (χ3n) is 7.07. The molecule has 30 heavy (non-hydrogen) atoms. The molecule has 172 valence electrons. The van der Waals surface area contributed by atoms with Crippen molar-refractivity contribution in [1.29, 1.82) is 0 Å². The quantitative estimate of drug-likeness (QED) is 0.401. The average molecular weight is 421 g/mol. The maximum absolute atomic E-state index is 11.0. The standard InChI is InChI=1S/2C13H22O2/c1-9(12(14)15)10-5-7-11(8-6-10)13(2,3)4;1-5-12(14)15-11-8-6-10(7-9-11)13(2,3)4/h10-11H,1,5-8H2,2-4H3,(H,14,15);5,10-11H,1,6-9H2,2-4H3. The first-order valence-corrected chi connectivity index (χ1v) is 11.5. The molecule has 2 aliphatic carbocycles. The van der Waals surface area contributed by atoms with Gasteiger partial charge in [-0.2, -0.15) is 0 Å². The second kappa shape index (κ2) is 11.2. The number of carboxylic acid groups (broad SMARTS) is 1. The first-order chi connectivity index (χ1) is 13.8. The Morgan fingerprint density at radius 1 is 0.833 bits per heavy atom. The van der Waals surface area contributed by atoms with Crippen LogP contribution in [0.4, 0.5) is 0 Å². The van der Waals surface area contributed by atoms with E-state index >= 15 is 0 Å². The molecular weight excluding hydrogens is 376 g/mol. The molecular formula is C26H44O4. The molecule has 4 heteroatoms. The Balaban J connectivity index is 0.000000300. The molecule has 2 fully saturated rings. The summed E-state index contributed by atoms with van der Waals surface area (Å²) < 4.78 is 5.24. The number of ether oxygens (including phenoxy) is 1. The molecule has 2 saturated carbocycles. The topological polar surface area (TPSA) is 63.6 Å². The number of esters is 1. The molecule has 1 N–H and O–H groups in total. The maximum Gasteiger partial charge on any atom is 0.331 e. The Bertz CT molecular complexity index is 588. The van der Waals surface area contributed by atoms with Gasteiger partial charge in [0.1, 0.15) is 6.10 Å². The molecule has 0 unspecified atom stereocenters. The van der Waals surface area contributed by atoms with Crippen LogP contribution in [0.1, 0.15) is 92.9 Å². The van der Waals surface area contributed by atoms with Gasteiger partial charge in [-0.1, -0.05) is 54.7 Å². The van der Waals surface area contributed by atoms with Crippen LogP contribution in [0.3, 0.4) is 0 Å². The molecule has 0 aliphatic heterocycles. The van der Waals surface area contributed by atoms with Crippen molar-refractivity contribution in [1.82, 2.24) is 0 Å². The Morgan fingerprint density at radius 2 is 1.23 bits per heavy atom. The van der Waals surface area contributed by atoms with Gasteiger partial charge in [-0.15, -0.1) is 0 Å². The number of carbonyl (C=O) groups excluding carboxylic acids is 1. The summed E-state index contributed by atoms with van der Waals surface area (Å²) in [5, 5.41) is 8.86. The summed E-state index contributed by atoms with van der Waals surface area (Å²) in [6.07, 6.45) is 9.96. The van der Waals surface area contributed by atoms with Crippen LogP contribution >= 0.6 is 0 Å². The third kappa shape index (κ3) is 8.65. The summed E-state index contributed by atoms with van der Waals surface area (Å²) in [4.78, 5) is 21.8. The monoisotopic (exact) mass is 420 g/mol. The summed E-state index contributed by atoms with van der Waals surface area (Å²) in [5.74, 6) is 0.594. The molecule has 0 amide bonds. The summed E-state index contributed by atoms with van der Waals surface area (Å²) in [7, 11) is 0. The first kappa shape index (κ1) is 26.5. The molecule has 2 rings (SSSR count). The van der Waals surface area contributed by atoms with Crippen LogP contribution in [0.2, 0.25) is 0 Å². The molecule has 0 aromatic carbocycles. The van der Waals surface area contributed by atoms with E-state index < -0.39 is 5.97 Å². The van der Waals surface area contributed by atoms with Gasteiger partial charge in [-0.05, 0) is 80.0 Å². The van der Waals surface area contributed by atoms with E-state index in [9.17, 15) is 9.59 Å². The van der Waals surface area contributed by atoms with Gasteiger partial charge >= 0.3 is 11.9 Å². The van der Waals surface area contributed by atoms with Crippen molar-refractivity contribution >= 4 is 11.9 Å². The molecule has 0 aromatic heterocycles. The van der Waals surface area contributed by atoms with Gasteiger partial charge in [0.2, 0.25) is 0 Å². The molecule has 0 atom stereocenters. The highest BCUT2D eigenvalue weighted by Crippen LogP contribution is 2.41. The minimum atomic E-state index is -0.825. The van der Waals surface area contributed by atoms with Crippen molar-refractivity contribution in [3.63, 3.8) is 0 Å². The Hall–Kier alpha value is -1.58. The SMILES string of the molecule is C=C(C(=O)O)C1CCC(C(C)(C)C)CC1.C=CC(=O)OC1CCC(C(C)(C)C)CC1. The summed E-state index contributed by atoms with van der Waals surface area (Å²) in [5.41, 5.74) is 1.14. The molecule has 0 spiro atoms. The normalized spacial score (nSPS) is 27.3. The highest BCUT2D eigenvalue weighted by molar-refractivity contribution is 5.86. The predicted octanol–water partition coefficient (Wildman–Crippen LogP) is 6.80. The molecule has 0 saturated heterocycles. The van der Waals surface area contributed by atoms with Crippen molar-refractivity contribution in [2.45, 2.75) is 99.0 Å². The maximum atomic E-state index is 11.0. The van der Waals surface area contributed by atoms with Crippen molar-refractivity contribution in [3.8, 4) is 0 Å². The van der Waals surface area contributed by atoms with Crippen LogP contribution in [-0.2, 0) is 14.3 Å². The zero-order valence-corrected chi connectivity index (χ0v) is 20.1. The van der Waals surface area contributed by atoms with Crippen molar-refractivity contribution in [3.05, 3.63) is 24.8 Å². The fourth-order valence-electron chi connectivity index (χ4n) is 4.74. The highest BCUT2D eigenvalue weighted by atomic mass is 16.5. The lowest BCUT2D eigenvalue weighted by Gasteiger charge is -2.37. The number of rotatable bonds is 4. The van der Waals surface area contributed by atoms with Crippen LogP contribution in [0.5, 0.6) is 0 Å². The summed E-state index contributed by atoms with van der Waals surface area (Å²) in [6.45, 7) is 20.7. The van der Waals surface area contributed by atoms with Gasteiger partial charge in [0.05, 0.1) is 0 Å². The Kier molecular flexibility index (Phi) is 9.84. The highest BCUT2D eigenvalue weighted by Gasteiger charge is 2.32. The largest absolute Gasteiger partial charge is 0.478 e. The van der Waals surface area contributed by atoms with E-state index in [1.54, 1.807) is 0 Å². The van der Waals surface area contributed by atoms with E-state index in [0.29, 0.717) is 16.4 Å². The molecule has 2 aliphatic rings. The second-order valence-electron chi connectivity index (χ2n) is 11.2. The van der Waals surface area contributed by atoms with Crippen LogP contribution in [0.25, 0.3) is 0 Å². The number of carbonyl (C=O) groups is 2. The van der Waals surface area contributed by atoms with E-state index in [2.05, 4.69) is 54.7 Å². The van der Waals surface area contributed by atoms with Gasteiger partial charge in [-0.25, -0.2) is 9.59 Å². The third-order valence-corrected chi connectivity index (χ3v) is 7.07. The van der Waals surface area contributed by atoms with E-state index in [0.717, 1.165) is 50.4 Å². The van der Waals surface area contributed by atoms with Crippen LogP contribution in [-0.4, -0.2) is 23.1 Å². The Morgan fingerprint density at radius 3 is 1.57 bits per heavy atom. The predicted molar refractivity (Wildman–Crippen MR) is 123 cm³/mol. The molecule has 0 radical (unpaired) electrons. The zero-order valence-electron chi connectivity index (χ0n) is 20.1. The molecule has 0 aromatic rings. The van der Waals surface area contributed by atoms with Crippen molar-refractivity contribution in [2.24, 2.45) is 28.6 Å². The van der Waals surface area contributed by atoms with E-state index in [4.69, 9.17) is 9.84 Å². The molecule has 4 nitrogen and oxygen atoms in total. The fourth-order valence-corrected chi connectivity index (χ4v) is 4.74. The van der Waals surface area contributed by atoms with Crippen LogP contribution < -0.4 is 0 Å². The van der Waals surface area contributed by atoms with Gasteiger partial charge in [0, 0.05) is 11.6 Å². The lowest BCUT2D eigenvalue weighted by Crippen LogP contribution is -2.30. The fraction of sp³-hybridized carbons (Fsp3) is 0.769. The van der Waals surface area contributed by atoms with Gasteiger partial charge < -0.3 is 9.84 Å². The van der Waals surface area contributed by atoms with Crippen LogP contribution in [0, 0.1) is 28.6 Å². The van der Waals surface area contributed by atoms with Gasteiger partial charge in [-0.3, -0.25) is 0 Å². The van der Waals surface area contributed by atoms with Gasteiger partial charge in [0.15, 0.2) is 0 Å². The number of hydrogen-bond donors (Lipinski definition) is 1. The second-order valence-corrected chi connectivity index (χ2v) is 11.2. The Labute approximate surface area is 184 Å². The smallest absolute Gasteiger partial charge is 0.331 e. The summed E-state index contributed by atoms with van der Waals surface area (Å²) >= 11 is 0. The first-order valence-electron chi connectivity index (χ1n) is 11.5. The number of carboxylic acids is 1. The minimum Gasteiger partial charge on any atom is -0.478 e. The number of aliphatic carboxylic acids is 1. The average Bonchev–Trinajstić information content (AvgIpc) is 2.67. The van der Waals surface area contributed by atoms with Crippen molar-refractivity contribution < 1.29 is 19.4 Å². The summed E-state index contributed by atoms with van der Waals surface area (Å²) in [6, 6.07) is 0. The zero-order chi connectivity index (χ0) is 23.1. The number of hydrogen-bond acceptors (Lipinski definition) is 3. The van der Waals surface area contributed by atoms with Gasteiger partial charge in [0.25, 0.3) is 0 Å². The van der Waals surface area contributed by atoms with E-state index in [1.807, 2.05) is 0 Å². The lowest BCUT2D eigenvalue weighted by atomic mass is 9.69. The van der Waals surface area contributed by atoms with E-state index in [-0.39, 0.29) is 18.0 Å². The van der Waals surface area contributed by atoms with E-state index in [1.165, 1.54) is 18.9 Å². The lowest BCUT2D eigenvalue weighted by molar-refractivity contribution is -0.145.